The molecule has 0 bridgehead atoms. The fourth-order valence-corrected chi connectivity index (χ4v) is 0.854. The van der Waals surface area contributed by atoms with E-state index in [1.165, 1.54) is 18.9 Å². The summed E-state index contributed by atoms with van der Waals surface area (Å²) in [7, 11) is 1.48. The molecule has 2 amide bonds. The van der Waals surface area contributed by atoms with Gasteiger partial charge in [0.05, 0.1) is 6.54 Å². The molecule has 0 heterocycles. The Hall–Kier alpha value is -1.63. The summed E-state index contributed by atoms with van der Waals surface area (Å²) in [5, 5.41) is 19.6. The Balaban J connectivity index is 3.74. The number of likely N-dealkylation sites (N-methyl/N-ethyl adjacent to an activating group) is 1. The third-order valence-electron chi connectivity index (χ3n) is 1.94. The molecule has 7 nitrogen and oxygen atoms in total. The molecule has 1 atom stereocenters. The van der Waals surface area contributed by atoms with Crippen molar-refractivity contribution in [3.05, 3.63) is 0 Å². The summed E-state index contributed by atoms with van der Waals surface area (Å²) in [6.45, 7) is 1.30. The van der Waals surface area contributed by atoms with Crippen molar-refractivity contribution in [1.29, 1.82) is 0 Å². The monoisotopic (exact) mass is 232 g/mol. The number of aliphatic hydroxyl groups excluding tert-OH is 1. The number of nitrogens with one attached hydrogen (secondary N) is 1. The van der Waals surface area contributed by atoms with E-state index in [1.54, 1.807) is 0 Å². The number of carbonyl (C=O) groups is 3. The highest BCUT2D eigenvalue weighted by atomic mass is 16.4. The molecule has 0 spiro atoms. The normalized spacial score (nSPS) is 11.7. The van der Waals surface area contributed by atoms with Crippen LogP contribution in [0.4, 0.5) is 0 Å². The van der Waals surface area contributed by atoms with Crippen LogP contribution in [0.15, 0.2) is 0 Å². The first kappa shape index (κ1) is 14.4. The summed E-state index contributed by atoms with van der Waals surface area (Å²) >= 11 is 0. The van der Waals surface area contributed by atoms with Crippen molar-refractivity contribution in [2.75, 3.05) is 20.1 Å². The molecule has 0 aromatic rings. The molecule has 0 fully saturated rings. The highest BCUT2D eigenvalue weighted by Gasteiger charge is 2.13. The van der Waals surface area contributed by atoms with Crippen molar-refractivity contribution < 1.29 is 24.6 Å². The number of aliphatic hydroxyl groups is 1. The minimum atomic E-state index is -1.48. The molecule has 92 valence electrons. The van der Waals surface area contributed by atoms with Crippen LogP contribution in [0.25, 0.3) is 0 Å². The molecule has 1 unspecified atom stereocenters. The van der Waals surface area contributed by atoms with Gasteiger partial charge in [0.25, 0.3) is 0 Å². The van der Waals surface area contributed by atoms with Crippen molar-refractivity contribution in [2.45, 2.75) is 19.4 Å². The van der Waals surface area contributed by atoms with E-state index >= 15 is 0 Å². The van der Waals surface area contributed by atoms with Crippen molar-refractivity contribution in [2.24, 2.45) is 0 Å². The second kappa shape index (κ2) is 6.78. The van der Waals surface area contributed by atoms with E-state index in [-0.39, 0.29) is 25.4 Å². The third-order valence-corrected chi connectivity index (χ3v) is 1.94. The number of carboxylic acid groups (broad SMARTS) is 1. The van der Waals surface area contributed by atoms with E-state index in [0.29, 0.717) is 0 Å². The zero-order valence-corrected chi connectivity index (χ0v) is 9.27. The number of carboxylic acids is 1. The summed E-state index contributed by atoms with van der Waals surface area (Å²) in [6.07, 6.45) is -1.55. The molecule has 3 N–H and O–H groups in total. The molecule has 0 aliphatic rings. The molecule has 0 aliphatic heterocycles. The van der Waals surface area contributed by atoms with Crippen LogP contribution < -0.4 is 5.32 Å². The van der Waals surface area contributed by atoms with E-state index in [4.69, 9.17) is 10.2 Å². The lowest BCUT2D eigenvalue weighted by Gasteiger charge is -2.14. The lowest BCUT2D eigenvalue weighted by Crippen LogP contribution is -2.38. The first-order valence-corrected chi connectivity index (χ1v) is 4.74. The second-order valence-corrected chi connectivity index (χ2v) is 3.37. The van der Waals surface area contributed by atoms with E-state index in [2.05, 4.69) is 5.32 Å². The first-order valence-electron chi connectivity index (χ1n) is 4.74. The van der Waals surface area contributed by atoms with Gasteiger partial charge in [0.2, 0.25) is 11.8 Å². The van der Waals surface area contributed by atoms with Gasteiger partial charge in [0.1, 0.15) is 0 Å². The summed E-state index contributed by atoms with van der Waals surface area (Å²) in [5.41, 5.74) is 0. The third kappa shape index (κ3) is 5.97. The molecular formula is C9H16N2O5. The van der Waals surface area contributed by atoms with E-state index in [0.717, 1.165) is 0 Å². The average Bonchev–Trinajstić information content (AvgIpc) is 2.16. The number of hydrogen-bond acceptors (Lipinski definition) is 4. The van der Waals surface area contributed by atoms with Gasteiger partial charge in [-0.1, -0.05) is 0 Å². The van der Waals surface area contributed by atoms with Crippen LogP contribution in [0.5, 0.6) is 0 Å². The maximum absolute atomic E-state index is 11.2. The number of nitrogens with zero attached hydrogens (tertiary/aromatic N) is 1. The van der Waals surface area contributed by atoms with E-state index in [9.17, 15) is 14.4 Å². The summed E-state index contributed by atoms with van der Waals surface area (Å²) < 4.78 is 0. The molecule has 0 saturated carbocycles. The van der Waals surface area contributed by atoms with Crippen LogP contribution >= 0.6 is 0 Å². The van der Waals surface area contributed by atoms with Gasteiger partial charge in [0.15, 0.2) is 6.10 Å². The van der Waals surface area contributed by atoms with Gasteiger partial charge < -0.3 is 20.4 Å². The van der Waals surface area contributed by atoms with Crippen molar-refractivity contribution in [3.8, 4) is 0 Å². The van der Waals surface area contributed by atoms with Crippen molar-refractivity contribution in [1.82, 2.24) is 10.2 Å². The topological polar surface area (TPSA) is 107 Å². The summed E-state index contributed by atoms with van der Waals surface area (Å²) in [5.74, 6) is -1.95. The van der Waals surface area contributed by atoms with Gasteiger partial charge in [0, 0.05) is 26.9 Å². The quantitative estimate of drug-likeness (QED) is 0.512. The fourth-order valence-electron chi connectivity index (χ4n) is 0.854. The number of rotatable bonds is 6. The lowest BCUT2D eigenvalue weighted by atomic mass is 10.2. The van der Waals surface area contributed by atoms with Gasteiger partial charge in [-0.25, -0.2) is 4.79 Å². The minimum absolute atomic E-state index is 0.0536. The highest BCUT2D eigenvalue weighted by molar-refractivity contribution is 5.83. The molecule has 0 saturated heterocycles. The van der Waals surface area contributed by atoms with Crippen LogP contribution in [0.1, 0.15) is 13.3 Å². The Morgan fingerprint density at radius 2 is 1.94 bits per heavy atom. The molecule has 0 rings (SSSR count). The van der Waals surface area contributed by atoms with E-state index < -0.39 is 18.0 Å². The predicted molar refractivity (Wildman–Crippen MR) is 54.6 cm³/mol. The van der Waals surface area contributed by atoms with Gasteiger partial charge >= 0.3 is 5.97 Å². The standard InChI is InChI=1S/C9H16N2O5/c1-6(12)11(2)5-8(14)10-4-3-7(13)9(15)16/h7,13H,3-5H2,1-2H3,(H,10,14)(H,15,16). The Morgan fingerprint density at radius 3 is 2.38 bits per heavy atom. The predicted octanol–water partition coefficient (Wildman–Crippen LogP) is -1.58. The average molecular weight is 232 g/mol. The van der Waals surface area contributed by atoms with Crippen molar-refractivity contribution in [3.63, 3.8) is 0 Å². The Labute approximate surface area is 93.0 Å². The highest BCUT2D eigenvalue weighted by Crippen LogP contribution is 1.90. The van der Waals surface area contributed by atoms with Crippen LogP contribution in [0.2, 0.25) is 0 Å². The van der Waals surface area contributed by atoms with Gasteiger partial charge in [-0.05, 0) is 0 Å². The molecular weight excluding hydrogens is 216 g/mol. The zero-order valence-electron chi connectivity index (χ0n) is 9.27. The molecule has 0 aliphatic carbocycles. The number of hydrogen-bond donors (Lipinski definition) is 3. The summed E-state index contributed by atoms with van der Waals surface area (Å²) in [6, 6.07) is 0. The Kier molecular flexibility index (Phi) is 6.09. The van der Waals surface area contributed by atoms with Crippen LogP contribution in [-0.2, 0) is 14.4 Å². The SMILES string of the molecule is CC(=O)N(C)CC(=O)NCCC(O)C(=O)O. The summed E-state index contributed by atoms with van der Waals surface area (Å²) in [4.78, 5) is 33.4. The van der Waals surface area contributed by atoms with Crippen molar-refractivity contribution >= 4 is 17.8 Å². The molecule has 0 aromatic carbocycles. The minimum Gasteiger partial charge on any atom is -0.479 e. The lowest BCUT2D eigenvalue weighted by molar-refractivity contribution is -0.147. The number of amides is 2. The zero-order chi connectivity index (χ0) is 12.7. The van der Waals surface area contributed by atoms with Crippen LogP contribution in [-0.4, -0.2) is 59.1 Å². The van der Waals surface area contributed by atoms with Gasteiger partial charge in [-0.2, -0.15) is 0 Å². The maximum Gasteiger partial charge on any atom is 0.332 e. The largest absolute Gasteiger partial charge is 0.479 e. The molecule has 7 heteroatoms. The first-order chi connectivity index (χ1) is 7.34. The smallest absolute Gasteiger partial charge is 0.332 e. The fraction of sp³-hybridized carbons (Fsp3) is 0.667. The van der Waals surface area contributed by atoms with Gasteiger partial charge in [-0.15, -0.1) is 0 Å². The second-order valence-electron chi connectivity index (χ2n) is 3.37. The Bertz CT molecular complexity index is 279. The Morgan fingerprint density at radius 1 is 1.38 bits per heavy atom. The molecule has 16 heavy (non-hydrogen) atoms. The molecule has 0 aromatic heterocycles. The van der Waals surface area contributed by atoms with E-state index in [1.807, 2.05) is 0 Å². The van der Waals surface area contributed by atoms with Crippen LogP contribution in [0.3, 0.4) is 0 Å². The molecule has 0 radical (unpaired) electrons. The van der Waals surface area contributed by atoms with Crippen LogP contribution in [0, 0.1) is 0 Å². The van der Waals surface area contributed by atoms with Gasteiger partial charge in [-0.3, -0.25) is 9.59 Å². The number of aliphatic carboxylic acids is 1. The maximum atomic E-state index is 11.2. The number of carbonyl (C=O) groups excluding carboxylic acids is 2.